The Balaban J connectivity index is 2.00. The van der Waals surface area contributed by atoms with Crippen molar-refractivity contribution >= 4 is 29.5 Å². The first-order valence-corrected chi connectivity index (χ1v) is 6.56. The average molecular weight is 272 g/mol. The summed E-state index contributed by atoms with van der Waals surface area (Å²) >= 11 is 11.9. The second kappa shape index (κ2) is 5.85. The molecule has 1 heterocycles. The highest BCUT2D eigenvalue weighted by Gasteiger charge is 2.19. The van der Waals surface area contributed by atoms with Gasteiger partial charge in [-0.2, -0.15) is 0 Å². The number of carbonyl (C=O) groups is 1. The molecule has 0 spiro atoms. The van der Waals surface area contributed by atoms with Gasteiger partial charge in [0, 0.05) is 19.0 Å². The van der Waals surface area contributed by atoms with Crippen LogP contribution in [0.5, 0.6) is 0 Å². The van der Waals surface area contributed by atoms with E-state index in [2.05, 4.69) is 4.90 Å². The molecular weight excluding hydrogens is 257 g/mol. The standard InChI is InChI=1S/C13H15Cl2NO/c14-12-4-3-10(6-13(12)15)7-16-5-1-2-11(8-16)9-17/h3-4,6,9,11H,1-2,5,7-8H2. The lowest BCUT2D eigenvalue weighted by molar-refractivity contribution is -0.112. The number of piperidine rings is 1. The van der Waals surface area contributed by atoms with E-state index in [1.807, 2.05) is 18.2 Å². The summed E-state index contributed by atoms with van der Waals surface area (Å²) in [5.74, 6) is 0.187. The molecule has 0 N–H and O–H groups in total. The number of rotatable bonds is 3. The third-order valence-corrected chi connectivity index (χ3v) is 3.86. The molecule has 2 nitrogen and oxygen atoms in total. The molecule has 1 aromatic rings. The van der Waals surface area contributed by atoms with Gasteiger partial charge in [0.2, 0.25) is 0 Å². The molecule has 0 bridgehead atoms. The lowest BCUT2D eigenvalue weighted by Gasteiger charge is -2.30. The zero-order valence-electron chi connectivity index (χ0n) is 9.53. The van der Waals surface area contributed by atoms with Crippen LogP contribution in [0.3, 0.4) is 0 Å². The van der Waals surface area contributed by atoms with Crippen molar-refractivity contribution < 1.29 is 4.79 Å². The van der Waals surface area contributed by atoms with E-state index in [9.17, 15) is 4.79 Å². The third kappa shape index (κ3) is 3.44. The van der Waals surface area contributed by atoms with Gasteiger partial charge in [-0.1, -0.05) is 29.3 Å². The highest BCUT2D eigenvalue weighted by molar-refractivity contribution is 6.42. The minimum absolute atomic E-state index is 0.187. The monoisotopic (exact) mass is 271 g/mol. The van der Waals surface area contributed by atoms with Gasteiger partial charge in [-0.3, -0.25) is 4.90 Å². The summed E-state index contributed by atoms with van der Waals surface area (Å²) in [5, 5.41) is 1.17. The summed E-state index contributed by atoms with van der Waals surface area (Å²) in [6, 6.07) is 5.70. The van der Waals surface area contributed by atoms with Crippen molar-refractivity contribution in [2.45, 2.75) is 19.4 Å². The van der Waals surface area contributed by atoms with Crippen LogP contribution in [0.25, 0.3) is 0 Å². The van der Waals surface area contributed by atoms with Gasteiger partial charge >= 0.3 is 0 Å². The fraction of sp³-hybridized carbons (Fsp3) is 0.462. The van der Waals surface area contributed by atoms with Crippen molar-refractivity contribution in [3.05, 3.63) is 33.8 Å². The van der Waals surface area contributed by atoms with Crippen LogP contribution in [0.4, 0.5) is 0 Å². The van der Waals surface area contributed by atoms with Crippen LogP contribution in [0.2, 0.25) is 10.0 Å². The minimum atomic E-state index is 0.187. The Morgan fingerprint density at radius 1 is 1.35 bits per heavy atom. The smallest absolute Gasteiger partial charge is 0.124 e. The molecule has 0 saturated carbocycles. The highest BCUT2D eigenvalue weighted by Crippen LogP contribution is 2.24. The molecule has 1 unspecified atom stereocenters. The fourth-order valence-corrected chi connectivity index (χ4v) is 2.56. The normalized spacial score (nSPS) is 21.4. The van der Waals surface area contributed by atoms with Crippen LogP contribution in [0, 0.1) is 5.92 Å². The largest absolute Gasteiger partial charge is 0.303 e. The predicted molar refractivity (Wildman–Crippen MR) is 70.5 cm³/mol. The van der Waals surface area contributed by atoms with Crippen LogP contribution in [0.1, 0.15) is 18.4 Å². The Labute approximate surface area is 112 Å². The first kappa shape index (κ1) is 12.9. The summed E-state index contributed by atoms with van der Waals surface area (Å²) in [6.45, 7) is 2.73. The second-order valence-corrected chi connectivity index (χ2v) is 5.34. The van der Waals surface area contributed by atoms with Crippen molar-refractivity contribution in [1.29, 1.82) is 0 Å². The van der Waals surface area contributed by atoms with E-state index in [0.717, 1.165) is 44.3 Å². The Bertz CT molecular complexity index is 408. The van der Waals surface area contributed by atoms with Crippen molar-refractivity contribution in [2.75, 3.05) is 13.1 Å². The van der Waals surface area contributed by atoms with Crippen molar-refractivity contribution in [1.82, 2.24) is 4.90 Å². The molecule has 1 saturated heterocycles. The molecule has 0 aliphatic carbocycles. The van der Waals surface area contributed by atoms with Gasteiger partial charge in [-0.15, -0.1) is 0 Å². The number of hydrogen-bond donors (Lipinski definition) is 0. The number of likely N-dealkylation sites (tertiary alicyclic amines) is 1. The maximum Gasteiger partial charge on any atom is 0.124 e. The van der Waals surface area contributed by atoms with E-state index in [0.29, 0.717) is 10.0 Å². The average Bonchev–Trinajstić information content (AvgIpc) is 2.34. The molecule has 1 aromatic carbocycles. The van der Waals surface area contributed by atoms with Gasteiger partial charge in [0.1, 0.15) is 6.29 Å². The number of hydrogen-bond acceptors (Lipinski definition) is 2. The molecule has 1 atom stereocenters. The Morgan fingerprint density at radius 2 is 2.18 bits per heavy atom. The number of aldehydes is 1. The van der Waals surface area contributed by atoms with Crippen molar-refractivity contribution in [3.8, 4) is 0 Å². The summed E-state index contributed by atoms with van der Waals surface area (Å²) in [7, 11) is 0. The van der Waals surface area contributed by atoms with Crippen molar-refractivity contribution in [3.63, 3.8) is 0 Å². The molecular formula is C13H15Cl2NO. The zero-order valence-corrected chi connectivity index (χ0v) is 11.0. The maximum absolute atomic E-state index is 10.8. The molecule has 17 heavy (non-hydrogen) atoms. The molecule has 0 aromatic heterocycles. The van der Waals surface area contributed by atoms with Gasteiger partial charge in [0.25, 0.3) is 0 Å². The number of nitrogens with zero attached hydrogens (tertiary/aromatic N) is 1. The molecule has 0 radical (unpaired) electrons. The van der Waals surface area contributed by atoms with Crippen LogP contribution in [-0.4, -0.2) is 24.3 Å². The second-order valence-electron chi connectivity index (χ2n) is 4.52. The number of benzene rings is 1. The summed E-state index contributed by atoms with van der Waals surface area (Å²) in [4.78, 5) is 13.1. The molecule has 4 heteroatoms. The first-order chi connectivity index (χ1) is 8.19. The Kier molecular flexibility index (Phi) is 4.43. The Morgan fingerprint density at radius 3 is 2.88 bits per heavy atom. The molecule has 1 fully saturated rings. The third-order valence-electron chi connectivity index (χ3n) is 3.12. The van der Waals surface area contributed by atoms with E-state index >= 15 is 0 Å². The van der Waals surface area contributed by atoms with E-state index in [1.165, 1.54) is 0 Å². The number of halogens is 2. The van der Waals surface area contributed by atoms with Gasteiger partial charge in [0.05, 0.1) is 10.0 Å². The lowest BCUT2D eigenvalue weighted by atomic mass is 9.99. The van der Waals surface area contributed by atoms with Gasteiger partial charge in [-0.05, 0) is 37.1 Å². The van der Waals surface area contributed by atoms with Gasteiger partial charge in [0.15, 0.2) is 0 Å². The Hall–Kier alpha value is -0.570. The van der Waals surface area contributed by atoms with E-state index in [4.69, 9.17) is 23.2 Å². The predicted octanol–water partition coefficient (Wildman–Crippen LogP) is 3.40. The fourth-order valence-electron chi connectivity index (χ4n) is 2.24. The topological polar surface area (TPSA) is 20.3 Å². The summed E-state index contributed by atoms with van der Waals surface area (Å²) < 4.78 is 0. The van der Waals surface area contributed by atoms with Crippen LogP contribution < -0.4 is 0 Å². The van der Waals surface area contributed by atoms with Crippen LogP contribution in [0.15, 0.2) is 18.2 Å². The molecule has 1 aliphatic heterocycles. The molecule has 1 aliphatic rings. The minimum Gasteiger partial charge on any atom is -0.303 e. The van der Waals surface area contributed by atoms with Gasteiger partial charge < -0.3 is 4.79 Å². The first-order valence-electron chi connectivity index (χ1n) is 5.80. The van der Waals surface area contributed by atoms with E-state index < -0.39 is 0 Å². The highest BCUT2D eigenvalue weighted by atomic mass is 35.5. The van der Waals surface area contributed by atoms with Crippen LogP contribution >= 0.6 is 23.2 Å². The molecule has 2 rings (SSSR count). The maximum atomic E-state index is 10.8. The zero-order chi connectivity index (χ0) is 12.3. The van der Waals surface area contributed by atoms with Crippen molar-refractivity contribution in [2.24, 2.45) is 5.92 Å². The van der Waals surface area contributed by atoms with E-state index in [1.54, 1.807) is 0 Å². The van der Waals surface area contributed by atoms with Crippen LogP contribution in [-0.2, 0) is 11.3 Å². The molecule has 0 amide bonds. The molecule has 92 valence electrons. The summed E-state index contributed by atoms with van der Waals surface area (Å²) in [5.41, 5.74) is 1.14. The van der Waals surface area contributed by atoms with E-state index in [-0.39, 0.29) is 5.92 Å². The quantitative estimate of drug-likeness (QED) is 0.786. The number of carbonyl (C=O) groups excluding carboxylic acids is 1. The summed E-state index contributed by atoms with van der Waals surface area (Å²) in [6.07, 6.45) is 3.17. The lowest BCUT2D eigenvalue weighted by Crippen LogP contribution is -2.35. The SMILES string of the molecule is O=CC1CCCN(Cc2ccc(Cl)c(Cl)c2)C1. The van der Waals surface area contributed by atoms with Gasteiger partial charge in [-0.25, -0.2) is 0 Å².